The van der Waals surface area contributed by atoms with Gasteiger partial charge >= 0.3 is 0 Å². The number of hydrogen-bond donors (Lipinski definition) is 1. The highest BCUT2D eigenvalue weighted by Crippen LogP contribution is 2.25. The van der Waals surface area contributed by atoms with Crippen LogP contribution in [0.2, 0.25) is 0 Å². The molecule has 1 aromatic carbocycles. The number of benzene rings is 1. The van der Waals surface area contributed by atoms with Crippen LogP contribution in [0.5, 0.6) is 0 Å². The molecule has 8 heteroatoms. The van der Waals surface area contributed by atoms with Gasteiger partial charge in [-0.25, -0.2) is 12.7 Å². The summed E-state index contributed by atoms with van der Waals surface area (Å²) in [5, 5.41) is 6.65. The lowest BCUT2D eigenvalue weighted by molar-refractivity contribution is 0.0950. The average molecular weight is 403 g/mol. The van der Waals surface area contributed by atoms with E-state index in [-0.39, 0.29) is 10.8 Å². The number of halogens is 1. The second-order valence-corrected chi connectivity index (χ2v) is 8.50. The van der Waals surface area contributed by atoms with Crippen LogP contribution in [0.15, 0.2) is 44.4 Å². The summed E-state index contributed by atoms with van der Waals surface area (Å²) in [4.78, 5) is 12.2. The van der Waals surface area contributed by atoms with Crippen LogP contribution in [0.3, 0.4) is 0 Å². The van der Waals surface area contributed by atoms with Gasteiger partial charge in [0.25, 0.3) is 5.91 Å². The molecule has 0 saturated heterocycles. The van der Waals surface area contributed by atoms with Crippen LogP contribution in [0.25, 0.3) is 0 Å². The molecule has 0 aliphatic heterocycles. The van der Waals surface area contributed by atoms with Crippen LogP contribution in [0, 0.1) is 0 Å². The molecule has 1 aromatic heterocycles. The van der Waals surface area contributed by atoms with Gasteiger partial charge in [0, 0.05) is 30.7 Å². The van der Waals surface area contributed by atoms with Crippen molar-refractivity contribution in [1.29, 1.82) is 0 Å². The predicted molar refractivity (Wildman–Crippen MR) is 90.5 cm³/mol. The lowest BCUT2D eigenvalue weighted by Gasteiger charge is -2.14. The predicted octanol–water partition coefficient (Wildman–Crippen LogP) is 2.69. The number of carbonyl (C=O) groups is 1. The van der Waals surface area contributed by atoms with Gasteiger partial charge in [-0.1, -0.05) is 0 Å². The SMILES string of the molecule is CN(C)S(=O)(=O)c1cc(C(=O)NCc2ccsc2)ccc1Br. The minimum atomic E-state index is -3.61. The first-order valence-electron chi connectivity index (χ1n) is 6.33. The van der Waals surface area contributed by atoms with E-state index >= 15 is 0 Å². The van der Waals surface area contributed by atoms with Crippen LogP contribution in [0.1, 0.15) is 15.9 Å². The smallest absolute Gasteiger partial charge is 0.251 e. The average Bonchev–Trinajstić information content (AvgIpc) is 2.98. The molecule has 0 fully saturated rings. The van der Waals surface area contributed by atoms with Crippen LogP contribution in [0.4, 0.5) is 0 Å². The summed E-state index contributed by atoms with van der Waals surface area (Å²) in [5.74, 6) is -0.311. The summed E-state index contributed by atoms with van der Waals surface area (Å²) >= 11 is 4.77. The molecule has 0 atom stereocenters. The van der Waals surface area contributed by atoms with Gasteiger partial charge in [-0.2, -0.15) is 11.3 Å². The first-order chi connectivity index (χ1) is 10.3. The maximum absolute atomic E-state index is 12.2. The quantitative estimate of drug-likeness (QED) is 0.835. The Morgan fingerprint density at radius 3 is 2.64 bits per heavy atom. The number of sulfonamides is 1. The van der Waals surface area contributed by atoms with Crippen LogP contribution >= 0.6 is 27.3 Å². The number of nitrogens with zero attached hydrogens (tertiary/aromatic N) is 1. The highest BCUT2D eigenvalue weighted by Gasteiger charge is 2.22. The van der Waals surface area contributed by atoms with Gasteiger partial charge in [0.2, 0.25) is 10.0 Å². The summed E-state index contributed by atoms with van der Waals surface area (Å²) in [5.41, 5.74) is 1.32. The third-order valence-electron chi connectivity index (χ3n) is 2.99. The van der Waals surface area contributed by atoms with Gasteiger partial charge in [-0.15, -0.1) is 0 Å². The second kappa shape index (κ2) is 6.91. The monoisotopic (exact) mass is 402 g/mol. The minimum absolute atomic E-state index is 0.0701. The Kier molecular flexibility index (Phi) is 5.38. The Hall–Kier alpha value is -1.22. The van der Waals surface area contributed by atoms with Crippen LogP contribution in [-0.2, 0) is 16.6 Å². The van der Waals surface area contributed by atoms with Crippen molar-refractivity contribution in [2.45, 2.75) is 11.4 Å². The summed E-state index contributed by atoms with van der Waals surface area (Å²) in [6.07, 6.45) is 0. The highest BCUT2D eigenvalue weighted by atomic mass is 79.9. The van der Waals surface area contributed by atoms with E-state index in [1.807, 2.05) is 16.8 Å². The molecule has 5 nitrogen and oxygen atoms in total. The van der Waals surface area contributed by atoms with Crippen molar-refractivity contribution in [3.8, 4) is 0 Å². The molecule has 0 unspecified atom stereocenters. The molecule has 0 radical (unpaired) electrons. The Bertz CT molecular complexity index is 771. The molecule has 2 rings (SSSR count). The summed E-state index contributed by atoms with van der Waals surface area (Å²) in [6.45, 7) is 0.411. The van der Waals surface area contributed by atoms with Gasteiger partial charge in [0.15, 0.2) is 0 Å². The zero-order valence-electron chi connectivity index (χ0n) is 12.0. The van der Waals surface area contributed by atoms with Crippen molar-refractivity contribution in [3.05, 3.63) is 50.6 Å². The van der Waals surface area contributed by atoms with E-state index in [2.05, 4.69) is 21.2 Å². The lowest BCUT2D eigenvalue weighted by atomic mass is 10.2. The molecule has 1 amide bonds. The molecule has 0 saturated carbocycles. The third-order valence-corrected chi connectivity index (χ3v) is 6.53. The van der Waals surface area contributed by atoms with Crippen LogP contribution in [-0.4, -0.2) is 32.7 Å². The number of thiophene rings is 1. The Labute approximate surface area is 142 Å². The van der Waals surface area contributed by atoms with Gasteiger partial charge in [-0.05, 0) is 56.5 Å². The fourth-order valence-corrected chi connectivity index (χ4v) is 4.23. The molecule has 0 aliphatic rings. The fraction of sp³-hybridized carbons (Fsp3) is 0.214. The van der Waals surface area contributed by atoms with E-state index in [4.69, 9.17) is 0 Å². The van der Waals surface area contributed by atoms with Gasteiger partial charge < -0.3 is 5.32 Å². The molecule has 0 aliphatic carbocycles. The molecule has 0 spiro atoms. The molecular weight excluding hydrogens is 388 g/mol. The normalized spacial score (nSPS) is 11.6. The summed E-state index contributed by atoms with van der Waals surface area (Å²) < 4.78 is 26.0. The summed E-state index contributed by atoms with van der Waals surface area (Å²) in [7, 11) is -0.715. The maximum Gasteiger partial charge on any atom is 0.251 e. The summed E-state index contributed by atoms with van der Waals surface area (Å²) in [6, 6.07) is 6.45. The van der Waals surface area contributed by atoms with E-state index in [9.17, 15) is 13.2 Å². The highest BCUT2D eigenvalue weighted by molar-refractivity contribution is 9.10. The van der Waals surface area contributed by atoms with Crippen molar-refractivity contribution in [1.82, 2.24) is 9.62 Å². The first kappa shape index (κ1) is 17.1. The molecule has 2 aromatic rings. The van der Waals surface area contributed by atoms with E-state index in [1.54, 1.807) is 23.5 Å². The minimum Gasteiger partial charge on any atom is -0.348 e. The van der Waals surface area contributed by atoms with Crippen molar-refractivity contribution >= 4 is 43.2 Å². The van der Waals surface area contributed by atoms with E-state index in [0.717, 1.165) is 9.87 Å². The number of carbonyl (C=O) groups excluding carboxylic acids is 1. The Balaban J connectivity index is 2.24. The Morgan fingerprint density at radius 1 is 1.32 bits per heavy atom. The van der Waals surface area contributed by atoms with Crippen LogP contribution < -0.4 is 5.32 Å². The maximum atomic E-state index is 12.2. The van der Waals surface area contributed by atoms with Gasteiger partial charge in [-0.3, -0.25) is 4.79 Å². The number of amides is 1. The van der Waals surface area contributed by atoms with Crippen molar-refractivity contribution in [3.63, 3.8) is 0 Å². The largest absolute Gasteiger partial charge is 0.348 e. The van der Waals surface area contributed by atoms with Gasteiger partial charge in [0.1, 0.15) is 0 Å². The van der Waals surface area contributed by atoms with E-state index in [0.29, 0.717) is 16.6 Å². The molecule has 0 bridgehead atoms. The Morgan fingerprint density at radius 2 is 2.05 bits per heavy atom. The third kappa shape index (κ3) is 3.75. The van der Waals surface area contributed by atoms with E-state index in [1.165, 1.54) is 20.2 Å². The molecule has 1 heterocycles. The topological polar surface area (TPSA) is 66.5 Å². The van der Waals surface area contributed by atoms with E-state index < -0.39 is 10.0 Å². The van der Waals surface area contributed by atoms with Crippen molar-refractivity contribution in [2.75, 3.05) is 14.1 Å². The van der Waals surface area contributed by atoms with Gasteiger partial charge in [0.05, 0.1) is 4.90 Å². The molecule has 1 N–H and O–H groups in total. The molecular formula is C14H15BrN2O3S2. The van der Waals surface area contributed by atoms with Crippen molar-refractivity contribution < 1.29 is 13.2 Å². The zero-order chi connectivity index (χ0) is 16.3. The number of nitrogens with one attached hydrogen (secondary N) is 1. The fourth-order valence-electron chi connectivity index (χ4n) is 1.72. The second-order valence-electron chi connectivity index (χ2n) is 4.75. The molecule has 22 heavy (non-hydrogen) atoms. The number of hydrogen-bond acceptors (Lipinski definition) is 4. The zero-order valence-corrected chi connectivity index (χ0v) is 15.3. The molecule has 118 valence electrons. The standard InChI is InChI=1S/C14H15BrN2O3S2/c1-17(2)22(19,20)13-7-11(3-4-12(13)15)14(18)16-8-10-5-6-21-9-10/h3-7,9H,8H2,1-2H3,(H,16,18). The van der Waals surface area contributed by atoms with Crippen molar-refractivity contribution in [2.24, 2.45) is 0 Å². The lowest BCUT2D eigenvalue weighted by Crippen LogP contribution is -2.25. The first-order valence-corrected chi connectivity index (χ1v) is 9.51. The number of rotatable bonds is 5.